The molecule has 8 nitrogen and oxygen atoms in total. The monoisotopic (exact) mass is 408 g/mol. The van der Waals surface area contributed by atoms with E-state index in [1.165, 1.54) is 4.57 Å². The van der Waals surface area contributed by atoms with Crippen molar-refractivity contribution >= 4 is 28.7 Å². The van der Waals surface area contributed by atoms with Gasteiger partial charge in [-0.3, -0.25) is 14.2 Å². The van der Waals surface area contributed by atoms with Gasteiger partial charge in [0.2, 0.25) is 11.8 Å². The molecule has 0 aliphatic carbocycles. The Balaban J connectivity index is 1.40. The second-order valence-electron chi connectivity index (χ2n) is 7.69. The van der Waals surface area contributed by atoms with Crippen LogP contribution in [0.5, 0.6) is 0 Å². The Labute approximate surface area is 173 Å². The number of pyridine rings is 1. The summed E-state index contributed by atoms with van der Waals surface area (Å²) >= 11 is 0. The fourth-order valence-electron chi connectivity index (χ4n) is 3.92. The molecule has 0 saturated carbocycles. The number of hydrogen-bond donors (Lipinski definition) is 1. The summed E-state index contributed by atoms with van der Waals surface area (Å²) in [5.74, 6) is -0.410. The van der Waals surface area contributed by atoms with Gasteiger partial charge >= 0.3 is 5.76 Å². The Kier molecular flexibility index (Phi) is 5.39. The number of aryl methyl sites for hydroxylation is 1. The summed E-state index contributed by atoms with van der Waals surface area (Å²) in [6.07, 6.45) is 2.80. The molecular weight excluding hydrogens is 384 g/mol. The molecule has 1 fully saturated rings. The molecule has 1 saturated heterocycles. The minimum absolute atomic E-state index is 0.0784. The summed E-state index contributed by atoms with van der Waals surface area (Å²) in [7, 11) is 0. The Morgan fingerprint density at radius 3 is 2.67 bits per heavy atom. The zero-order valence-corrected chi connectivity index (χ0v) is 17.0. The Morgan fingerprint density at radius 2 is 1.93 bits per heavy atom. The van der Waals surface area contributed by atoms with Crippen molar-refractivity contribution in [1.29, 1.82) is 0 Å². The standard InChI is InChI=1S/C22H24N4O4/c1-14-7-10-23-19(13-14)24-20(27)16-8-11-25(12-9-16)21(28)15(2)26-17-5-3-4-6-18(17)30-22(26)29/h3-7,10,13,15-16H,8-9,11-12H2,1-2H3,(H,23,24,27). The lowest BCUT2D eigenvalue weighted by Crippen LogP contribution is -2.44. The molecule has 1 N–H and O–H groups in total. The van der Waals surface area contributed by atoms with E-state index in [4.69, 9.17) is 4.42 Å². The van der Waals surface area contributed by atoms with Gasteiger partial charge in [0.15, 0.2) is 5.58 Å². The van der Waals surface area contributed by atoms with Gasteiger partial charge in [0, 0.05) is 25.2 Å². The van der Waals surface area contributed by atoms with Gasteiger partial charge in [-0.1, -0.05) is 12.1 Å². The van der Waals surface area contributed by atoms with Gasteiger partial charge in [-0.15, -0.1) is 0 Å². The molecule has 156 valence electrons. The lowest BCUT2D eigenvalue weighted by molar-refractivity contribution is -0.137. The molecule has 2 amide bonds. The number of likely N-dealkylation sites (tertiary alicyclic amines) is 1. The van der Waals surface area contributed by atoms with Gasteiger partial charge in [-0.05, 0) is 56.5 Å². The summed E-state index contributed by atoms with van der Waals surface area (Å²) in [5.41, 5.74) is 2.09. The molecule has 8 heteroatoms. The van der Waals surface area contributed by atoms with Gasteiger partial charge in [-0.25, -0.2) is 9.78 Å². The van der Waals surface area contributed by atoms with Crippen molar-refractivity contribution in [1.82, 2.24) is 14.5 Å². The van der Waals surface area contributed by atoms with Gasteiger partial charge in [0.25, 0.3) is 0 Å². The highest BCUT2D eigenvalue weighted by molar-refractivity contribution is 5.92. The van der Waals surface area contributed by atoms with E-state index in [2.05, 4.69) is 10.3 Å². The number of anilines is 1. The molecule has 1 aliphatic rings. The summed E-state index contributed by atoms with van der Waals surface area (Å²) in [5, 5.41) is 2.86. The zero-order valence-electron chi connectivity index (χ0n) is 17.0. The Bertz CT molecular complexity index is 1140. The molecule has 3 heterocycles. The van der Waals surface area contributed by atoms with Crippen LogP contribution in [-0.2, 0) is 9.59 Å². The van der Waals surface area contributed by atoms with Crippen molar-refractivity contribution < 1.29 is 14.0 Å². The number of nitrogens with zero attached hydrogens (tertiary/aromatic N) is 3. The van der Waals surface area contributed by atoms with Crippen molar-refractivity contribution in [2.24, 2.45) is 5.92 Å². The van der Waals surface area contributed by atoms with Crippen LogP contribution in [0.15, 0.2) is 51.8 Å². The van der Waals surface area contributed by atoms with E-state index in [1.807, 2.05) is 19.1 Å². The van der Waals surface area contributed by atoms with Crippen molar-refractivity contribution in [3.63, 3.8) is 0 Å². The molecule has 1 aromatic carbocycles. The lowest BCUT2D eigenvalue weighted by atomic mass is 9.95. The molecular formula is C22H24N4O4. The Morgan fingerprint density at radius 1 is 1.20 bits per heavy atom. The van der Waals surface area contributed by atoms with E-state index in [1.54, 1.807) is 42.3 Å². The number of fused-ring (bicyclic) bond motifs is 1. The highest BCUT2D eigenvalue weighted by Gasteiger charge is 2.31. The van der Waals surface area contributed by atoms with Crippen LogP contribution < -0.4 is 11.1 Å². The SMILES string of the molecule is Cc1ccnc(NC(=O)C2CCN(C(=O)C(C)n3c(=O)oc4ccccc43)CC2)c1. The topological polar surface area (TPSA) is 97.4 Å². The number of para-hydroxylation sites is 2. The van der Waals surface area contributed by atoms with Gasteiger partial charge in [0.1, 0.15) is 11.9 Å². The lowest BCUT2D eigenvalue weighted by Gasteiger charge is -2.33. The third-order valence-electron chi connectivity index (χ3n) is 5.61. The van der Waals surface area contributed by atoms with Crippen molar-refractivity contribution in [3.8, 4) is 0 Å². The van der Waals surface area contributed by atoms with E-state index in [9.17, 15) is 14.4 Å². The molecule has 1 unspecified atom stereocenters. The van der Waals surface area contributed by atoms with Crippen molar-refractivity contribution in [2.75, 3.05) is 18.4 Å². The van der Waals surface area contributed by atoms with E-state index < -0.39 is 11.8 Å². The van der Waals surface area contributed by atoms with E-state index in [0.717, 1.165) is 5.56 Å². The first-order chi connectivity index (χ1) is 14.4. The number of piperidine rings is 1. The first-order valence-corrected chi connectivity index (χ1v) is 10.1. The fraction of sp³-hybridized carbons (Fsp3) is 0.364. The molecule has 2 aromatic heterocycles. The summed E-state index contributed by atoms with van der Waals surface area (Å²) in [4.78, 5) is 43.7. The molecule has 0 bridgehead atoms. The van der Waals surface area contributed by atoms with E-state index in [0.29, 0.717) is 42.8 Å². The predicted octanol–water partition coefficient (Wildman–Crippen LogP) is 2.74. The van der Waals surface area contributed by atoms with Gasteiger partial charge < -0.3 is 14.6 Å². The number of carbonyl (C=O) groups excluding carboxylic acids is 2. The maximum Gasteiger partial charge on any atom is 0.420 e. The quantitative estimate of drug-likeness (QED) is 0.716. The van der Waals surface area contributed by atoms with Crippen LogP contribution in [0.25, 0.3) is 11.1 Å². The first-order valence-electron chi connectivity index (χ1n) is 10.1. The maximum absolute atomic E-state index is 13.0. The number of carbonyl (C=O) groups is 2. The second kappa shape index (κ2) is 8.14. The molecule has 4 rings (SSSR count). The van der Waals surface area contributed by atoms with E-state index >= 15 is 0 Å². The average Bonchev–Trinajstić information content (AvgIpc) is 3.08. The average molecular weight is 408 g/mol. The largest absolute Gasteiger partial charge is 0.420 e. The third-order valence-corrected chi connectivity index (χ3v) is 5.61. The van der Waals surface area contributed by atoms with Crippen molar-refractivity contribution in [3.05, 3.63) is 58.7 Å². The first kappa shape index (κ1) is 19.9. The summed E-state index contributed by atoms with van der Waals surface area (Å²) < 4.78 is 6.64. The van der Waals surface area contributed by atoms with Crippen LogP contribution in [0.3, 0.4) is 0 Å². The normalized spacial score (nSPS) is 15.9. The number of aromatic nitrogens is 2. The number of nitrogens with one attached hydrogen (secondary N) is 1. The second-order valence-corrected chi connectivity index (χ2v) is 7.69. The highest BCUT2D eigenvalue weighted by atomic mass is 16.4. The van der Waals surface area contributed by atoms with Crippen LogP contribution >= 0.6 is 0 Å². The maximum atomic E-state index is 13.0. The number of amides is 2. The molecule has 30 heavy (non-hydrogen) atoms. The molecule has 0 radical (unpaired) electrons. The zero-order chi connectivity index (χ0) is 21.3. The number of oxazole rings is 1. The number of benzene rings is 1. The number of hydrogen-bond acceptors (Lipinski definition) is 5. The van der Waals surface area contributed by atoms with Gasteiger partial charge in [-0.2, -0.15) is 0 Å². The van der Waals surface area contributed by atoms with Crippen molar-refractivity contribution in [2.45, 2.75) is 32.7 Å². The van der Waals surface area contributed by atoms with Crippen LogP contribution in [-0.4, -0.2) is 39.4 Å². The minimum Gasteiger partial charge on any atom is -0.408 e. The van der Waals surface area contributed by atoms with E-state index in [-0.39, 0.29) is 17.7 Å². The smallest absolute Gasteiger partial charge is 0.408 e. The van der Waals surface area contributed by atoms with Crippen LogP contribution in [0.2, 0.25) is 0 Å². The van der Waals surface area contributed by atoms with Crippen LogP contribution in [0.1, 0.15) is 31.4 Å². The van der Waals surface area contributed by atoms with Gasteiger partial charge in [0.05, 0.1) is 5.52 Å². The molecule has 0 spiro atoms. The Hall–Kier alpha value is -3.42. The highest BCUT2D eigenvalue weighted by Crippen LogP contribution is 2.23. The minimum atomic E-state index is -0.678. The third kappa shape index (κ3) is 3.85. The molecule has 1 atom stereocenters. The predicted molar refractivity (Wildman–Crippen MR) is 112 cm³/mol. The molecule has 3 aromatic rings. The summed E-state index contributed by atoms with van der Waals surface area (Å²) in [6.45, 7) is 4.57. The fourth-order valence-corrected chi connectivity index (χ4v) is 3.92. The van der Waals surface area contributed by atoms with Crippen LogP contribution in [0, 0.1) is 12.8 Å². The number of rotatable bonds is 4. The molecule has 1 aliphatic heterocycles. The van der Waals surface area contributed by atoms with Crippen LogP contribution in [0.4, 0.5) is 5.82 Å². The summed E-state index contributed by atoms with van der Waals surface area (Å²) in [6, 6.07) is 10.1.